The van der Waals surface area contributed by atoms with E-state index in [2.05, 4.69) is 9.51 Å². The molecule has 144 valence electrons. The van der Waals surface area contributed by atoms with E-state index < -0.39 is 10.0 Å². The fraction of sp³-hybridized carbons (Fsp3) is 0.190. The second kappa shape index (κ2) is 8.35. The summed E-state index contributed by atoms with van der Waals surface area (Å²) in [4.78, 5) is 5.24. The number of nitrogens with zero attached hydrogens (tertiary/aromatic N) is 3. The number of fused-ring (bicyclic) bond motifs is 1. The predicted molar refractivity (Wildman–Crippen MR) is 112 cm³/mol. The Balaban J connectivity index is 1.79. The second-order valence-corrected chi connectivity index (χ2v) is 8.39. The van der Waals surface area contributed by atoms with Gasteiger partial charge in [0, 0.05) is 37.1 Å². The molecule has 0 radical (unpaired) electrons. The number of sulfonamides is 1. The Labute approximate surface area is 165 Å². The molecule has 0 bridgehead atoms. The van der Waals surface area contributed by atoms with Crippen LogP contribution in [0.15, 0.2) is 65.6 Å². The van der Waals surface area contributed by atoms with Crippen molar-refractivity contribution >= 4 is 32.7 Å². The van der Waals surface area contributed by atoms with Gasteiger partial charge in [0.15, 0.2) is 0 Å². The molecule has 3 rings (SSSR count). The van der Waals surface area contributed by atoms with Crippen molar-refractivity contribution in [3.8, 4) is 0 Å². The average molecular weight is 394 g/mol. The van der Waals surface area contributed by atoms with E-state index in [0.717, 1.165) is 22.2 Å². The Morgan fingerprint density at radius 2 is 1.68 bits per heavy atom. The van der Waals surface area contributed by atoms with Crippen LogP contribution in [0.3, 0.4) is 0 Å². The Bertz CT molecular complexity index is 1130. The predicted octanol–water partition coefficient (Wildman–Crippen LogP) is 3.08. The van der Waals surface area contributed by atoms with Gasteiger partial charge < -0.3 is 10.4 Å². The first kappa shape index (κ1) is 19.8. The number of rotatable bonds is 7. The van der Waals surface area contributed by atoms with Crippen LogP contribution >= 0.6 is 0 Å². The van der Waals surface area contributed by atoms with Crippen LogP contribution in [0, 0.1) is 0 Å². The smallest absolute Gasteiger partial charge is 0.287 e. The Hall–Kier alpha value is -2.99. The van der Waals surface area contributed by atoms with Crippen LogP contribution in [0.25, 0.3) is 16.3 Å². The minimum Gasteiger partial charge on any atom is -0.377 e. The molecule has 0 amide bonds. The number of nitrogens with one attached hydrogen (secondary N) is 1. The van der Waals surface area contributed by atoms with E-state index >= 15 is 0 Å². The third-order valence-corrected chi connectivity index (χ3v) is 6.04. The first-order valence-corrected chi connectivity index (χ1v) is 10.4. The van der Waals surface area contributed by atoms with Gasteiger partial charge in [-0.3, -0.25) is 0 Å². The van der Waals surface area contributed by atoms with Crippen LogP contribution in [0.2, 0.25) is 0 Å². The first-order valence-electron chi connectivity index (χ1n) is 8.87. The minimum atomic E-state index is -3.64. The molecule has 6 nitrogen and oxygen atoms in total. The monoisotopic (exact) mass is 394 g/mol. The molecule has 0 aromatic heterocycles. The lowest BCUT2D eigenvalue weighted by molar-refractivity contribution is 0.00456. The van der Waals surface area contributed by atoms with E-state index in [1.165, 1.54) is 6.21 Å². The maximum atomic E-state index is 12.9. The molecule has 3 aromatic carbocycles. The summed E-state index contributed by atoms with van der Waals surface area (Å²) in [6.45, 7) is 0.291. The van der Waals surface area contributed by atoms with E-state index in [1.807, 2.05) is 67.5 Å². The number of benzene rings is 3. The molecule has 0 saturated heterocycles. The van der Waals surface area contributed by atoms with Gasteiger partial charge in [0.2, 0.25) is 10.0 Å². The van der Waals surface area contributed by atoms with Gasteiger partial charge in [0.05, 0.1) is 10.5 Å². The summed E-state index contributed by atoms with van der Waals surface area (Å²) in [7, 11) is 0.234. The summed E-state index contributed by atoms with van der Waals surface area (Å²) in [5, 5.41) is 1.60. The van der Waals surface area contributed by atoms with Crippen LogP contribution in [0.4, 0.5) is 5.69 Å². The lowest BCUT2D eigenvalue weighted by Gasteiger charge is -2.17. The maximum Gasteiger partial charge on any atom is 0.287 e. The minimum absolute atomic E-state index is 0.281. The van der Waals surface area contributed by atoms with Crippen LogP contribution in [-0.2, 0) is 16.4 Å². The van der Waals surface area contributed by atoms with Crippen LogP contribution in [0.1, 0.15) is 11.1 Å². The zero-order valence-corrected chi connectivity index (χ0v) is 16.6. The molecular weight excluding hydrogens is 372 g/mol. The summed E-state index contributed by atoms with van der Waals surface area (Å²) in [5.74, 6) is 0. The Morgan fingerprint density at radius 1 is 1.00 bits per heavy atom. The number of anilines is 1. The molecule has 0 fully saturated rings. The van der Waals surface area contributed by atoms with E-state index in [0.29, 0.717) is 18.4 Å². The van der Waals surface area contributed by atoms with Crippen molar-refractivity contribution in [2.45, 2.75) is 11.3 Å². The number of hydrogen-bond acceptors (Lipinski definition) is 3. The lowest BCUT2D eigenvalue weighted by Crippen LogP contribution is -2.26. The normalized spacial score (nSPS) is 11.2. The van der Waals surface area contributed by atoms with Gasteiger partial charge in [-0.15, -0.1) is 0 Å². The average Bonchev–Trinajstić information content (AvgIpc) is 2.68. The fourth-order valence-electron chi connectivity index (χ4n) is 3.13. The highest BCUT2D eigenvalue weighted by molar-refractivity contribution is 7.89. The highest BCUT2D eigenvalue weighted by Crippen LogP contribution is 2.30. The topological polar surface area (TPSA) is 85.8 Å². The molecule has 0 aliphatic heterocycles. The molecule has 0 heterocycles. The van der Waals surface area contributed by atoms with Gasteiger partial charge >= 0.3 is 0 Å². The first-order chi connectivity index (χ1) is 13.4. The third-order valence-electron chi connectivity index (χ3n) is 4.52. The molecule has 7 heteroatoms. The van der Waals surface area contributed by atoms with Crippen molar-refractivity contribution < 1.29 is 13.2 Å². The highest BCUT2D eigenvalue weighted by Gasteiger charge is 2.18. The maximum absolute atomic E-state index is 12.9. The van der Waals surface area contributed by atoms with E-state index in [9.17, 15) is 8.42 Å². The van der Waals surface area contributed by atoms with Crippen molar-refractivity contribution in [3.05, 3.63) is 77.3 Å². The van der Waals surface area contributed by atoms with Crippen molar-refractivity contribution in [1.29, 1.82) is 0 Å². The molecule has 0 saturated carbocycles. The van der Waals surface area contributed by atoms with Crippen molar-refractivity contribution in [1.82, 2.24) is 4.72 Å². The van der Waals surface area contributed by atoms with Crippen LogP contribution < -0.4 is 9.62 Å². The quantitative estimate of drug-likeness (QED) is 0.380. The van der Waals surface area contributed by atoms with Crippen molar-refractivity contribution in [2.24, 2.45) is 0 Å². The summed E-state index contributed by atoms with van der Waals surface area (Å²) >= 11 is 0. The largest absolute Gasteiger partial charge is 0.377 e. The zero-order chi connectivity index (χ0) is 20.1. The van der Waals surface area contributed by atoms with Gasteiger partial charge in [-0.2, -0.15) is 4.79 Å². The summed E-state index contributed by atoms with van der Waals surface area (Å²) in [5.41, 5.74) is 11.3. The zero-order valence-electron chi connectivity index (χ0n) is 15.8. The molecule has 0 aliphatic carbocycles. The van der Waals surface area contributed by atoms with E-state index in [-0.39, 0.29) is 4.90 Å². The summed E-state index contributed by atoms with van der Waals surface area (Å²) in [6, 6.07) is 18.4. The SMILES string of the molecule is CN(C)c1cccc2c(S(=O)(=O)NCCc3ccc(C=[N+]=[N-])cc3)cccc12. The van der Waals surface area contributed by atoms with Crippen molar-refractivity contribution in [3.63, 3.8) is 0 Å². The van der Waals surface area contributed by atoms with Crippen molar-refractivity contribution in [2.75, 3.05) is 25.5 Å². The molecule has 28 heavy (non-hydrogen) atoms. The molecular formula is C21H22N4O2S. The molecule has 0 atom stereocenters. The highest BCUT2D eigenvalue weighted by atomic mass is 32.2. The third kappa shape index (κ3) is 4.28. The van der Waals surface area contributed by atoms with Gasteiger partial charge in [-0.1, -0.05) is 36.4 Å². The number of hydrogen-bond donors (Lipinski definition) is 1. The summed E-state index contributed by atoms with van der Waals surface area (Å²) < 4.78 is 28.5. The molecule has 0 unspecified atom stereocenters. The lowest BCUT2D eigenvalue weighted by atomic mass is 10.1. The van der Waals surface area contributed by atoms with Gasteiger partial charge in [-0.05, 0) is 36.2 Å². The molecule has 1 N–H and O–H groups in total. The Kier molecular flexibility index (Phi) is 5.90. The fourth-order valence-corrected chi connectivity index (χ4v) is 4.38. The summed E-state index contributed by atoms with van der Waals surface area (Å²) in [6.07, 6.45) is 1.90. The van der Waals surface area contributed by atoms with Crippen LogP contribution in [-0.4, -0.2) is 40.1 Å². The molecule has 3 aromatic rings. The van der Waals surface area contributed by atoms with Crippen LogP contribution in [0.5, 0.6) is 0 Å². The molecule has 0 spiro atoms. The Morgan fingerprint density at radius 3 is 2.36 bits per heavy atom. The standard InChI is InChI=1S/C21H22N4O2S/c1-25(2)20-7-3-6-19-18(20)5-4-8-21(19)28(26,27)24-14-13-16-9-11-17(12-10-16)15-23-22/h3-12,15,24H,13-14H2,1-2H3. The van der Waals surface area contributed by atoms with E-state index in [1.54, 1.807) is 12.1 Å². The van der Waals surface area contributed by atoms with Gasteiger partial charge in [0.1, 0.15) is 0 Å². The van der Waals surface area contributed by atoms with Gasteiger partial charge in [0.25, 0.3) is 6.21 Å². The van der Waals surface area contributed by atoms with Gasteiger partial charge in [-0.25, -0.2) is 13.1 Å². The van der Waals surface area contributed by atoms with E-state index in [4.69, 9.17) is 5.53 Å². The second-order valence-electron chi connectivity index (χ2n) is 6.66. The molecule has 0 aliphatic rings.